The van der Waals surface area contributed by atoms with Crippen molar-refractivity contribution in [3.05, 3.63) is 35.9 Å². The van der Waals surface area contributed by atoms with Gasteiger partial charge in [-0.2, -0.15) is 0 Å². The number of benzene rings is 1. The molecule has 3 atom stereocenters. The minimum Gasteiger partial charge on any atom is -0.390 e. The van der Waals surface area contributed by atoms with Crippen molar-refractivity contribution in [1.29, 1.82) is 0 Å². The summed E-state index contributed by atoms with van der Waals surface area (Å²) in [5, 5.41) is 22.6. The van der Waals surface area contributed by atoms with E-state index in [4.69, 9.17) is 4.74 Å². The quantitative estimate of drug-likeness (QED) is 0.658. The number of aryl methyl sites for hydroxylation is 1. The van der Waals surface area contributed by atoms with E-state index in [1.54, 1.807) is 0 Å². The molecule has 0 aliphatic carbocycles. The lowest BCUT2D eigenvalue weighted by molar-refractivity contribution is -0.119. The van der Waals surface area contributed by atoms with Gasteiger partial charge < -0.3 is 20.3 Å². The Morgan fingerprint density at radius 3 is 2.74 bits per heavy atom. The summed E-state index contributed by atoms with van der Waals surface area (Å²) in [5.74, 6) is -0.0134. The summed E-state index contributed by atoms with van der Waals surface area (Å²) in [6.07, 6.45) is 0.705. The van der Waals surface area contributed by atoms with Crippen LogP contribution in [0.25, 0.3) is 0 Å². The van der Waals surface area contributed by atoms with Crippen molar-refractivity contribution in [2.24, 2.45) is 5.92 Å². The molecule has 0 unspecified atom stereocenters. The Kier molecular flexibility index (Phi) is 5.79. The summed E-state index contributed by atoms with van der Waals surface area (Å²) >= 11 is 0. The van der Waals surface area contributed by atoms with Gasteiger partial charge in [0.2, 0.25) is 0 Å². The highest BCUT2D eigenvalue weighted by Crippen LogP contribution is 2.14. The van der Waals surface area contributed by atoms with Crippen molar-refractivity contribution in [1.82, 2.24) is 5.32 Å². The fourth-order valence-electron chi connectivity index (χ4n) is 2.38. The van der Waals surface area contributed by atoms with Gasteiger partial charge in [0.25, 0.3) is 0 Å². The van der Waals surface area contributed by atoms with Gasteiger partial charge in [0, 0.05) is 12.5 Å². The maximum Gasteiger partial charge on any atom is 0.104 e. The smallest absolute Gasteiger partial charge is 0.104 e. The van der Waals surface area contributed by atoms with Gasteiger partial charge in [-0.3, -0.25) is 0 Å². The number of nitrogens with one attached hydrogen (secondary N) is 1. The zero-order valence-electron chi connectivity index (χ0n) is 11.2. The van der Waals surface area contributed by atoms with E-state index in [1.165, 1.54) is 5.56 Å². The average molecular weight is 265 g/mol. The summed E-state index contributed by atoms with van der Waals surface area (Å²) in [5.41, 5.74) is 1.35. The van der Waals surface area contributed by atoms with Gasteiger partial charge >= 0.3 is 0 Å². The number of rotatable bonds is 6. The fraction of sp³-hybridized carbons (Fsp3) is 0.600. The minimum atomic E-state index is -0.745. The summed E-state index contributed by atoms with van der Waals surface area (Å²) in [6, 6.07) is 10.4. The molecule has 106 valence electrons. The van der Waals surface area contributed by atoms with Crippen LogP contribution in [0.1, 0.15) is 12.0 Å². The summed E-state index contributed by atoms with van der Waals surface area (Å²) in [6.45, 7) is 2.36. The first-order valence-corrected chi connectivity index (χ1v) is 6.96. The lowest BCUT2D eigenvalue weighted by atomic mass is 9.96. The van der Waals surface area contributed by atoms with Gasteiger partial charge in [-0.15, -0.1) is 0 Å². The van der Waals surface area contributed by atoms with Crippen LogP contribution >= 0.6 is 0 Å². The molecule has 1 aromatic rings. The van der Waals surface area contributed by atoms with Crippen LogP contribution in [-0.4, -0.2) is 48.7 Å². The van der Waals surface area contributed by atoms with E-state index < -0.39 is 12.2 Å². The van der Waals surface area contributed by atoms with Crippen LogP contribution in [0, 0.1) is 5.92 Å². The first kappa shape index (κ1) is 14.5. The third-order valence-electron chi connectivity index (χ3n) is 3.57. The zero-order chi connectivity index (χ0) is 13.5. The van der Waals surface area contributed by atoms with Crippen LogP contribution < -0.4 is 5.32 Å². The van der Waals surface area contributed by atoms with Crippen molar-refractivity contribution < 1.29 is 14.9 Å². The topological polar surface area (TPSA) is 61.7 Å². The molecule has 1 saturated heterocycles. The molecule has 4 nitrogen and oxygen atoms in total. The average Bonchev–Trinajstić information content (AvgIpc) is 2.44. The van der Waals surface area contributed by atoms with E-state index in [9.17, 15) is 10.2 Å². The Bertz CT molecular complexity index is 358. The van der Waals surface area contributed by atoms with Crippen LogP contribution in [0.15, 0.2) is 30.3 Å². The maximum atomic E-state index is 9.80. The van der Waals surface area contributed by atoms with Crippen molar-refractivity contribution in [3.63, 3.8) is 0 Å². The van der Waals surface area contributed by atoms with Crippen molar-refractivity contribution >= 4 is 0 Å². The Morgan fingerprint density at radius 2 is 1.95 bits per heavy atom. The van der Waals surface area contributed by atoms with Crippen molar-refractivity contribution in [2.45, 2.75) is 25.0 Å². The van der Waals surface area contributed by atoms with Gasteiger partial charge in [0.1, 0.15) is 6.10 Å². The molecule has 0 spiro atoms. The third-order valence-corrected chi connectivity index (χ3v) is 3.57. The Hall–Kier alpha value is -0.940. The largest absolute Gasteiger partial charge is 0.390 e. The summed E-state index contributed by atoms with van der Waals surface area (Å²) in [4.78, 5) is 0. The molecular formula is C15H23NO3. The van der Waals surface area contributed by atoms with Crippen LogP contribution in [0.3, 0.4) is 0 Å². The number of aliphatic hydroxyl groups is 2. The van der Waals surface area contributed by atoms with Crippen LogP contribution in [0.2, 0.25) is 0 Å². The number of aliphatic hydroxyl groups excluding tert-OH is 2. The number of hydrogen-bond donors (Lipinski definition) is 3. The molecule has 0 bridgehead atoms. The van der Waals surface area contributed by atoms with Crippen molar-refractivity contribution in [3.8, 4) is 0 Å². The van der Waals surface area contributed by atoms with Gasteiger partial charge in [-0.25, -0.2) is 0 Å². The first-order valence-electron chi connectivity index (χ1n) is 6.96. The van der Waals surface area contributed by atoms with E-state index in [1.807, 2.05) is 6.07 Å². The van der Waals surface area contributed by atoms with Gasteiger partial charge in [-0.1, -0.05) is 30.3 Å². The van der Waals surface area contributed by atoms with Gasteiger partial charge in [-0.05, 0) is 24.9 Å². The zero-order valence-corrected chi connectivity index (χ0v) is 11.2. The molecule has 1 fully saturated rings. The molecular weight excluding hydrogens is 242 g/mol. The molecule has 1 heterocycles. The maximum absolute atomic E-state index is 9.80. The second-order valence-electron chi connectivity index (χ2n) is 5.15. The van der Waals surface area contributed by atoms with Crippen LogP contribution in [-0.2, 0) is 11.2 Å². The van der Waals surface area contributed by atoms with Crippen molar-refractivity contribution in [2.75, 3.05) is 26.3 Å². The molecule has 1 aliphatic rings. The van der Waals surface area contributed by atoms with E-state index in [-0.39, 0.29) is 12.5 Å². The second kappa shape index (κ2) is 7.60. The van der Waals surface area contributed by atoms with Gasteiger partial charge in [0.15, 0.2) is 0 Å². The molecule has 0 saturated carbocycles. The molecule has 0 radical (unpaired) electrons. The van der Waals surface area contributed by atoms with E-state index >= 15 is 0 Å². The monoisotopic (exact) mass is 265 g/mol. The molecule has 0 aromatic heterocycles. The van der Waals surface area contributed by atoms with E-state index in [2.05, 4.69) is 29.6 Å². The summed E-state index contributed by atoms with van der Waals surface area (Å²) < 4.78 is 5.24. The normalized spacial score (nSPS) is 27.4. The van der Waals surface area contributed by atoms with Gasteiger partial charge in [0.05, 0.1) is 19.3 Å². The Morgan fingerprint density at radius 1 is 1.16 bits per heavy atom. The fourth-order valence-corrected chi connectivity index (χ4v) is 2.38. The molecule has 4 heteroatoms. The molecule has 1 aromatic carbocycles. The number of ether oxygens (including phenoxy) is 1. The lowest BCUT2D eigenvalue weighted by Crippen LogP contribution is -2.47. The molecule has 0 amide bonds. The summed E-state index contributed by atoms with van der Waals surface area (Å²) in [7, 11) is 0. The molecule has 1 aliphatic heterocycles. The lowest BCUT2D eigenvalue weighted by Gasteiger charge is -2.31. The van der Waals surface area contributed by atoms with Crippen LogP contribution in [0.4, 0.5) is 0 Å². The Balaban J connectivity index is 1.59. The number of hydrogen-bond acceptors (Lipinski definition) is 4. The predicted octanol–water partition coefficient (Wildman–Crippen LogP) is 0.577. The van der Waals surface area contributed by atoms with E-state index in [0.29, 0.717) is 13.2 Å². The highest BCUT2D eigenvalue weighted by atomic mass is 16.5. The highest BCUT2D eigenvalue weighted by Gasteiger charge is 2.30. The standard InChI is InChI=1S/C15H23NO3/c17-14-11-19-10-13(15(14)18)9-16-8-4-7-12-5-2-1-3-6-12/h1-3,5-6,13-18H,4,7-11H2/t13-,14-,15+/m1/s1. The third kappa shape index (κ3) is 4.58. The molecule has 2 rings (SSSR count). The first-order chi connectivity index (χ1) is 9.27. The Labute approximate surface area is 114 Å². The van der Waals surface area contributed by atoms with E-state index in [0.717, 1.165) is 19.4 Å². The highest BCUT2D eigenvalue weighted by molar-refractivity contribution is 5.14. The minimum absolute atomic E-state index is 0.0134. The molecule has 3 N–H and O–H groups in total. The SMILES string of the molecule is O[C@H]1[C@H](CNCCCc2ccccc2)COC[C@H]1O. The van der Waals surface area contributed by atoms with Crippen LogP contribution in [0.5, 0.6) is 0 Å². The second-order valence-corrected chi connectivity index (χ2v) is 5.15. The predicted molar refractivity (Wildman–Crippen MR) is 74.0 cm³/mol. The molecule has 19 heavy (non-hydrogen) atoms.